The van der Waals surface area contributed by atoms with Crippen LogP contribution >= 0.6 is 11.6 Å². The summed E-state index contributed by atoms with van der Waals surface area (Å²) < 4.78 is 96.8. The van der Waals surface area contributed by atoms with Crippen LogP contribution in [0.4, 0.5) is 36.4 Å². The Labute approximate surface area is 219 Å². The van der Waals surface area contributed by atoms with Gasteiger partial charge in [-0.25, -0.2) is 23.6 Å². The number of hydrogen-bond acceptors (Lipinski definition) is 10. The first-order valence-electron chi connectivity index (χ1n) is 10.8. The predicted octanol–water partition coefficient (Wildman–Crippen LogP) is 2.77. The largest absolute Gasteiger partial charge is 0.493 e. The number of rotatable bonds is 7. The van der Waals surface area contributed by atoms with E-state index in [1.807, 2.05) is 4.90 Å². The Hall–Kier alpha value is -3.51. The number of nitrogens with zero attached hydrogens (tertiary/aromatic N) is 5. The predicted molar refractivity (Wildman–Crippen MR) is 116 cm³/mol. The maximum Gasteiger partial charge on any atom is 0.493 e. The summed E-state index contributed by atoms with van der Waals surface area (Å²) in [6, 6.07) is 3.15. The number of aliphatic imine (C=N–C) groups is 1. The van der Waals surface area contributed by atoms with Crippen molar-refractivity contribution in [3.05, 3.63) is 40.4 Å². The zero-order chi connectivity index (χ0) is 28.8. The van der Waals surface area contributed by atoms with Crippen molar-refractivity contribution >= 4 is 35.1 Å². The molecule has 0 aliphatic carbocycles. The van der Waals surface area contributed by atoms with Gasteiger partial charge in [0.1, 0.15) is 18.1 Å². The van der Waals surface area contributed by atoms with Gasteiger partial charge in [0.15, 0.2) is 11.5 Å². The molecule has 1 aliphatic heterocycles. The lowest BCUT2D eigenvalue weighted by Crippen LogP contribution is -2.47. The van der Waals surface area contributed by atoms with Crippen LogP contribution in [0.15, 0.2) is 27.8 Å². The summed E-state index contributed by atoms with van der Waals surface area (Å²) in [5, 5.41) is 6.99. The minimum Gasteiger partial charge on any atom is -0.458 e. The fourth-order valence-electron chi connectivity index (χ4n) is 3.18. The molecule has 0 radical (unpaired) electrons. The third-order valence-corrected chi connectivity index (χ3v) is 5.40. The third-order valence-electron chi connectivity index (χ3n) is 5.11. The van der Waals surface area contributed by atoms with Gasteiger partial charge in [-0.1, -0.05) is 16.8 Å². The molecule has 0 bridgehead atoms. The summed E-state index contributed by atoms with van der Waals surface area (Å²) in [6.07, 6.45) is -10.4. The molecule has 11 nitrogen and oxygen atoms in total. The summed E-state index contributed by atoms with van der Waals surface area (Å²) in [6.45, 7) is 1.14. The zero-order valence-electron chi connectivity index (χ0n) is 19.5. The quantitative estimate of drug-likeness (QED) is 0.169. The van der Waals surface area contributed by atoms with Gasteiger partial charge in [-0.3, -0.25) is 9.80 Å². The van der Waals surface area contributed by atoms with E-state index in [1.165, 1.54) is 0 Å². The van der Waals surface area contributed by atoms with Crippen LogP contribution in [0, 0.1) is 5.82 Å². The molecule has 0 saturated carbocycles. The molecule has 214 valence electrons. The number of alkyl halides is 6. The summed E-state index contributed by atoms with van der Waals surface area (Å²) in [4.78, 5) is 33.6. The van der Waals surface area contributed by atoms with Crippen LogP contribution in [0.2, 0.25) is 5.02 Å². The summed E-state index contributed by atoms with van der Waals surface area (Å²) in [5.74, 6) is -6.17. The Morgan fingerprint density at radius 3 is 2.28 bits per heavy atom. The average molecular weight is 591 g/mol. The van der Waals surface area contributed by atoms with Crippen LogP contribution < -0.4 is 5.48 Å². The van der Waals surface area contributed by atoms with Crippen LogP contribution in [-0.4, -0.2) is 89.6 Å². The Morgan fingerprint density at radius 1 is 1.03 bits per heavy atom. The highest BCUT2D eigenvalue weighted by molar-refractivity contribution is 6.31. The minimum absolute atomic E-state index is 0.0355. The van der Waals surface area contributed by atoms with E-state index in [4.69, 9.17) is 16.2 Å². The molecule has 0 spiro atoms. The topological polar surface area (TPSA) is 122 Å². The Morgan fingerprint density at radius 2 is 1.67 bits per heavy atom. The third kappa shape index (κ3) is 8.75. The highest BCUT2D eigenvalue weighted by Gasteiger charge is 2.42. The van der Waals surface area contributed by atoms with Crippen molar-refractivity contribution in [2.75, 3.05) is 39.3 Å². The van der Waals surface area contributed by atoms with Crippen molar-refractivity contribution in [3.63, 3.8) is 0 Å². The summed E-state index contributed by atoms with van der Waals surface area (Å²) in [7, 11) is 0. The van der Waals surface area contributed by atoms with E-state index in [0.717, 1.165) is 18.2 Å². The first-order valence-corrected chi connectivity index (χ1v) is 11.2. The zero-order valence-corrected chi connectivity index (χ0v) is 20.2. The van der Waals surface area contributed by atoms with Gasteiger partial charge in [0, 0.05) is 39.3 Å². The Balaban J connectivity index is 1.67. The second-order valence-corrected chi connectivity index (χ2v) is 8.27. The fraction of sp³-hybridized carbons (Fsp3) is 0.450. The monoisotopic (exact) mass is 590 g/mol. The Kier molecular flexibility index (Phi) is 9.68. The van der Waals surface area contributed by atoms with Gasteiger partial charge in [0.2, 0.25) is 0 Å². The molecule has 2 aromatic rings. The summed E-state index contributed by atoms with van der Waals surface area (Å²) >= 11 is 5.72. The van der Waals surface area contributed by atoms with Crippen molar-refractivity contribution in [2.45, 2.75) is 18.9 Å². The van der Waals surface area contributed by atoms with E-state index in [2.05, 4.69) is 24.9 Å². The average Bonchev–Trinajstić information content (AvgIpc) is 3.31. The lowest BCUT2D eigenvalue weighted by Gasteiger charge is -2.34. The fourth-order valence-corrected chi connectivity index (χ4v) is 3.36. The second kappa shape index (κ2) is 12.6. The molecule has 1 aromatic carbocycles. The van der Waals surface area contributed by atoms with E-state index in [9.17, 15) is 40.3 Å². The van der Waals surface area contributed by atoms with Gasteiger partial charge in [0.25, 0.3) is 0 Å². The molecule has 19 heteroatoms. The smallest absolute Gasteiger partial charge is 0.458 e. The molecule has 0 amide bonds. The molecule has 2 heterocycles. The molecule has 39 heavy (non-hydrogen) atoms. The van der Waals surface area contributed by atoms with Crippen molar-refractivity contribution < 1.29 is 54.5 Å². The number of hydroxylamine groups is 1. The lowest BCUT2D eigenvalue weighted by molar-refractivity contribution is -0.203. The molecule has 1 aromatic heterocycles. The maximum absolute atomic E-state index is 13.5. The van der Waals surface area contributed by atoms with Crippen LogP contribution in [0.1, 0.15) is 11.4 Å². The molecular weight excluding hydrogens is 573 g/mol. The van der Waals surface area contributed by atoms with E-state index >= 15 is 0 Å². The molecule has 1 N–H and O–H groups in total. The number of ether oxygens (including phenoxy) is 1. The van der Waals surface area contributed by atoms with E-state index in [0.29, 0.717) is 26.2 Å². The number of esters is 1. The summed E-state index contributed by atoms with van der Waals surface area (Å²) in [5.41, 5.74) is 1.57. The number of piperazine rings is 1. The van der Waals surface area contributed by atoms with Crippen LogP contribution in [0.25, 0.3) is 0 Å². The second-order valence-electron chi connectivity index (χ2n) is 7.86. The van der Waals surface area contributed by atoms with Crippen LogP contribution in [-0.2, 0) is 25.7 Å². The molecule has 1 saturated heterocycles. The number of halogens is 8. The van der Waals surface area contributed by atoms with Gasteiger partial charge in [-0.05, 0) is 23.4 Å². The number of amidine groups is 1. The number of nitrogens with one attached hydrogen (secondary N) is 1. The number of aromatic nitrogens is 2. The standard InChI is InChI=1S/C20H18ClF7N6O5/c21-12-9-11(1-2-13(12)22)29-16(32-38-18(36)20(26,27)28)15-14(30-39-31-15)10-34-5-3-33(4-6-34)7-8-37-17(35)19(23,24)25/h1-2,9H,3-8,10H2,(H,29,32). The lowest BCUT2D eigenvalue weighted by atomic mass is 10.2. The highest BCUT2D eigenvalue weighted by atomic mass is 35.5. The van der Waals surface area contributed by atoms with Crippen molar-refractivity contribution in [1.82, 2.24) is 25.6 Å². The van der Waals surface area contributed by atoms with Crippen LogP contribution in [0.5, 0.6) is 0 Å². The minimum atomic E-state index is -5.33. The van der Waals surface area contributed by atoms with Gasteiger partial charge in [-0.15, -0.1) is 0 Å². The van der Waals surface area contributed by atoms with Gasteiger partial charge in [-0.2, -0.15) is 31.8 Å². The van der Waals surface area contributed by atoms with Crippen molar-refractivity contribution in [3.8, 4) is 0 Å². The van der Waals surface area contributed by atoms with Gasteiger partial charge < -0.3 is 9.57 Å². The molecule has 1 fully saturated rings. The molecule has 0 unspecified atom stereocenters. The van der Waals surface area contributed by atoms with E-state index in [1.54, 1.807) is 10.4 Å². The molecular formula is C20H18ClF7N6O5. The molecule has 3 rings (SSSR count). The van der Waals surface area contributed by atoms with Crippen LogP contribution in [0.3, 0.4) is 0 Å². The maximum atomic E-state index is 13.5. The van der Waals surface area contributed by atoms with E-state index in [-0.39, 0.29) is 35.2 Å². The number of benzene rings is 1. The number of carbonyl (C=O) groups excluding carboxylic acids is 2. The first-order chi connectivity index (χ1) is 18.2. The van der Waals surface area contributed by atoms with E-state index < -0.39 is 42.6 Å². The van der Waals surface area contributed by atoms with Gasteiger partial charge in [0.05, 0.1) is 10.7 Å². The first kappa shape index (κ1) is 30.0. The van der Waals surface area contributed by atoms with Crippen molar-refractivity contribution in [2.24, 2.45) is 4.99 Å². The normalized spacial score (nSPS) is 15.7. The number of carbonyl (C=O) groups is 2. The number of hydrogen-bond donors (Lipinski definition) is 1. The molecule has 0 atom stereocenters. The molecule has 1 aliphatic rings. The van der Waals surface area contributed by atoms with Crippen molar-refractivity contribution in [1.29, 1.82) is 0 Å². The Bertz CT molecular complexity index is 1200. The highest BCUT2D eigenvalue weighted by Crippen LogP contribution is 2.23. The van der Waals surface area contributed by atoms with Gasteiger partial charge >= 0.3 is 24.3 Å². The SMILES string of the molecule is O=C(OCCN1CCN(Cc2nonc2C(=Nc2ccc(F)c(Cl)c2)NOC(=O)C(F)(F)F)CC1)C(F)(F)F.